The predicted octanol–water partition coefficient (Wildman–Crippen LogP) is 4.99. The summed E-state index contributed by atoms with van der Waals surface area (Å²) in [6.45, 7) is 9.71. The molecular formula is C27H36N4O4S. The lowest BCUT2D eigenvalue weighted by atomic mass is 9.93. The summed E-state index contributed by atoms with van der Waals surface area (Å²) >= 11 is 1.26. The molecule has 36 heavy (non-hydrogen) atoms. The van der Waals surface area contributed by atoms with E-state index in [0.29, 0.717) is 17.6 Å². The van der Waals surface area contributed by atoms with Crippen LogP contribution in [0.2, 0.25) is 0 Å². The molecule has 2 fully saturated rings. The number of carbonyl (C=O) groups excluding carboxylic acids is 2. The quantitative estimate of drug-likeness (QED) is 0.361. The van der Waals surface area contributed by atoms with E-state index in [1.807, 2.05) is 39.0 Å². The van der Waals surface area contributed by atoms with Gasteiger partial charge in [0.15, 0.2) is 0 Å². The number of carbonyl (C=O) groups is 2. The summed E-state index contributed by atoms with van der Waals surface area (Å²) in [5, 5.41) is 2.86. The normalized spacial score (nSPS) is 16.2. The van der Waals surface area contributed by atoms with E-state index in [1.165, 1.54) is 24.8 Å². The summed E-state index contributed by atoms with van der Waals surface area (Å²) in [6.07, 6.45) is 4.85. The molecule has 1 aromatic heterocycles. The average Bonchev–Trinajstić information content (AvgIpc) is 3.60. The second kappa shape index (κ2) is 11.0. The van der Waals surface area contributed by atoms with Crippen molar-refractivity contribution in [3.8, 4) is 0 Å². The zero-order chi connectivity index (χ0) is 25.9. The van der Waals surface area contributed by atoms with Crippen LogP contribution in [0, 0.1) is 12.3 Å². The third-order valence-corrected chi connectivity index (χ3v) is 7.89. The standard InChI is InChI=1S/C27H36N4O4S/c1-5-35-24(32)17-36-29-20-7-8-21(23(16-20)30-14-12-27(10-11-27)13-15-30)25(33)28-22-9-6-19(4)31(18(2)3)26(22)34/h6-9,16,18,29H,5,10-15,17H2,1-4H3,(H,28,33). The molecular weight excluding hydrogens is 476 g/mol. The Morgan fingerprint density at radius 2 is 1.83 bits per heavy atom. The van der Waals surface area contributed by atoms with Gasteiger partial charge < -0.3 is 24.2 Å². The van der Waals surface area contributed by atoms with E-state index < -0.39 is 0 Å². The molecule has 4 rings (SSSR count). The predicted molar refractivity (Wildman–Crippen MR) is 146 cm³/mol. The molecule has 0 bridgehead atoms. The van der Waals surface area contributed by atoms with Gasteiger partial charge in [-0.15, -0.1) is 0 Å². The molecule has 1 saturated carbocycles. The highest BCUT2D eigenvalue weighted by Crippen LogP contribution is 2.54. The van der Waals surface area contributed by atoms with Crippen molar-refractivity contribution in [2.24, 2.45) is 5.41 Å². The van der Waals surface area contributed by atoms with E-state index >= 15 is 0 Å². The number of ether oxygens (including phenoxy) is 1. The molecule has 9 heteroatoms. The monoisotopic (exact) mass is 512 g/mol. The van der Waals surface area contributed by atoms with Gasteiger partial charge in [-0.05, 0) is 101 Å². The van der Waals surface area contributed by atoms with E-state index in [2.05, 4.69) is 14.9 Å². The maximum Gasteiger partial charge on any atom is 0.317 e. The summed E-state index contributed by atoms with van der Waals surface area (Å²) in [5.74, 6) is -0.395. The summed E-state index contributed by atoms with van der Waals surface area (Å²) in [5.41, 5.74) is 3.59. The number of aromatic nitrogens is 1. The summed E-state index contributed by atoms with van der Waals surface area (Å²) in [6, 6.07) is 9.09. The highest BCUT2D eigenvalue weighted by atomic mass is 32.2. The molecule has 1 aliphatic heterocycles. The topological polar surface area (TPSA) is 92.7 Å². The van der Waals surface area contributed by atoms with Crippen LogP contribution >= 0.6 is 11.9 Å². The number of nitrogens with zero attached hydrogens (tertiary/aromatic N) is 2. The first kappa shape index (κ1) is 26.1. The van der Waals surface area contributed by atoms with Crippen molar-refractivity contribution < 1.29 is 14.3 Å². The maximum atomic E-state index is 13.4. The fraction of sp³-hybridized carbons (Fsp3) is 0.519. The van der Waals surface area contributed by atoms with Crippen LogP contribution in [0.3, 0.4) is 0 Å². The van der Waals surface area contributed by atoms with Crippen molar-refractivity contribution in [2.45, 2.75) is 59.4 Å². The minimum Gasteiger partial charge on any atom is -0.465 e. The molecule has 0 radical (unpaired) electrons. The first-order valence-electron chi connectivity index (χ1n) is 12.7. The van der Waals surface area contributed by atoms with Crippen LogP contribution in [0.15, 0.2) is 35.1 Å². The van der Waals surface area contributed by atoms with Crippen LogP contribution in [0.1, 0.15) is 68.5 Å². The molecule has 2 N–H and O–H groups in total. The molecule has 2 heterocycles. The molecule has 0 unspecified atom stereocenters. The van der Waals surface area contributed by atoms with Crippen LogP contribution in [-0.2, 0) is 9.53 Å². The van der Waals surface area contributed by atoms with Crippen LogP contribution in [-0.4, -0.2) is 41.9 Å². The van der Waals surface area contributed by atoms with Crippen molar-refractivity contribution >= 4 is 40.9 Å². The zero-order valence-electron chi connectivity index (χ0n) is 21.6. The van der Waals surface area contributed by atoms with Crippen LogP contribution in [0.5, 0.6) is 0 Å². The number of nitrogens with one attached hydrogen (secondary N) is 2. The fourth-order valence-corrected chi connectivity index (χ4v) is 5.47. The van der Waals surface area contributed by atoms with Gasteiger partial charge in [0.05, 0.1) is 17.9 Å². The highest BCUT2D eigenvalue weighted by Gasteiger charge is 2.44. The van der Waals surface area contributed by atoms with Gasteiger partial charge in [-0.3, -0.25) is 14.4 Å². The van der Waals surface area contributed by atoms with Gasteiger partial charge in [-0.2, -0.15) is 0 Å². The van der Waals surface area contributed by atoms with Gasteiger partial charge in [0, 0.05) is 30.5 Å². The minimum absolute atomic E-state index is 0.00882. The van der Waals surface area contributed by atoms with E-state index in [4.69, 9.17) is 4.74 Å². The molecule has 1 saturated heterocycles. The largest absolute Gasteiger partial charge is 0.465 e. The SMILES string of the molecule is CCOC(=O)CSNc1ccc(C(=O)Nc2ccc(C)n(C(C)C)c2=O)c(N2CCC3(CC2)CC3)c1. The number of hydrogen-bond acceptors (Lipinski definition) is 7. The lowest BCUT2D eigenvalue weighted by Gasteiger charge is -2.35. The molecule has 1 aromatic carbocycles. The average molecular weight is 513 g/mol. The Hall–Kier alpha value is -2.94. The van der Waals surface area contributed by atoms with Crippen molar-refractivity contribution in [1.82, 2.24) is 4.57 Å². The number of rotatable bonds is 9. The number of esters is 1. The number of benzene rings is 1. The molecule has 1 amide bonds. The number of piperidine rings is 1. The Balaban J connectivity index is 1.57. The number of anilines is 3. The maximum absolute atomic E-state index is 13.4. The number of aryl methyl sites for hydroxylation is 1. The number of pyridine rings is 1. The van der Waals surface area contributed by atoms with E-state index in [1.54, 1.807) is 23.6 Å². The van der Waals surface area contributed by atoms with E-state index in [-0.39, 0.29) is 34.9 Å². The van der Waals surface area contributed by atoms with Gasteiger partial charge in [-0.1, -0.05) is 0 Å². The Morgan fingerprint density at radius 3 is 2.47 bits per heavy atom. The van der Waals surface area contributed by atoms with E-state index in [0.717, 1.165) is 43.0 Å². The van der Waals surface area contributed by atoms with Gasteiger partial charge in [0.25, 0.3) is 11.5 Å². The van der Waals surface area contributed by atoms with Crippen molar-refractivity contribution in [1.29, 1.82) is 0 Å². The number of hydrogen-bond donors (Lipinski definition) is 2. The number of amides is 1. The molecule has 1 spiro atoms. The van der Waals surface area contributed by atoms with E-state index in [9.17, 15) is 14.4 Å². The second-order valence-electron chi connectivity index (χ2n) is 10.0. The zero-order valence-corrected chi connectivity index (χ0v) is 22.4. The second-order valence-corrected chi connectivity index (χ2v) is 10.8. The van der Waals surface area contributed by atoms with Gasteiger partial charge in [0.2, 0.25) is 0 Å². The lowest BCUT2D eigenvalue weighted by molar-refractivity contribution is -0.139. The third kappa shape index (κ3) is 5.88. The lowest BCUT2D eigenvalue weighted by Crippen LogP contribution is -2.36. The summed E-state index contributed by atoms with van der Waals surface area (Å²) in [7, 11) is 0. The third-order valence-electron chi connectivity index (χ3n) is 7.13. The van der Waals surface area contributed by atoms with Crippen molar-refractivity contribution in [3.63, 3.8) is 0 Å². The molecule has 1 aliphatic carbocycles. The molecule has 8 nitrogen and oxygen atoms in total. The van der Waals surface area contributed by atoms with Crippen molar-refractivity contribution in [2.75, 3.05) is 40.4 Å². The Morgan fingerprint density at radius 1 is 1.11 bits per heavy atom. The Kier molecular flexibility index (Phi) is 7.97. The molecule has 2 aromatic rings. The van der Waals surface area contributed by atoms with Crippen LogP contribution in [0.25, 0.3) is 0 Å². The fourth-order valence-electron chi connectivity index (χ4n) is 4.90. The van der Waals surface area contributed by atoms with Crippen LogP contribution < -0.4 is 20.5 Å². The Labute approximate surface area is 216 Å². The van der Waals surface area contributed by atoms with Gasteiger partial charge in [0.1, 0.15) is 11.4 Å². The summed E-state index contributed by atoms with van der Waals surface area (Å²) in [4.78, 5) is 40.4. The Bertz CT molecular complexity index is 1180. The smallest absolute Gasteiger partial charge is 0.317 e. The first-order valence-corrected chi connectivity index (χ1v) is 13.7. The van der Waals surface area contributed by atoms with Crippen molar-refractivity contribution in [3.05, 3.63) is 51.9 Å². The van der Waals surface area contributed by atoms with Crippen LogP contribution in [0.4, 0.5) is 17.1 Å². The molecule has 2 aliphatic rings. The van der Waals surface area contributed by atoms with Gasteiger partial charge >= 0.3 is 5.97 Å². The molecule has 0 atom stereocenters. The van der Waals surface area contributed by atoms with Gasteiger partial charge in [-0.25, -0.2) is 0 Å². The molecule has 194 valence electrons. The highest BCUT2D eigenvalue weighted by molar-refractivity contribution is 8.01. The minimum atomic E-state index is -0.307. The summed E-state index contributed by atoms with van der Waals surface area (Å²) < 4.78 is 9.87. The first-order chi connectivity index (χ1) is 17.2.